The van der Waals surface area contributed by atoms with Gasteiger partial charge in [0.15, 0.2) is 0 Å². The van der Waals surface area contributed by atoms with E-state index in [2.05, 4.69) is 6.58 Å². The van der Waals surface area contributed by atoms with Crippen LogP contribution in [0.15, 0.2) is 12.8 Å². The third-order valence-electron chi connectivity index (χ3n) is 1.28. The van der Waals surface area contributed by atoms with E-state index in [4.69, 9.17) is 14.2 Å². The highest BCUT2D eigenvalue weighted by molar-refractivity contribution is 4.61. The van der Waals surface area contributed by atoms with Crippen LogP contribution in [-0.2, 0) is 14.2 Å². The maximum Gasteiger partial charge on any atom is 0.116 e. The molecule has 0 bridgehead atoms. The largest absolute Gasteiger partial charge is 0.499 e. The molecule has 0 amide bonds. The fourth-order valence-corrected chi connectivity index (χ4v) is 0.808. The summed E-state index contributed by atoms with van der Waals surface area (Å²) in [6, 6.07) is 0. The Balaban J connectivity index is 2.07. The van der Waals surface area contributed by atoms with Crippen LogP contribution in [0, 0.1) is 0 Å². The summed E-state index contributed by atoms with van der Waals surface area (Å²) in [5.41, 5.74) is 0. The highest BCUT2D eigenvalue weighted by Crippen LogP contribution is 2.00. The van der Waals surface area contributed by atoms with E-state index >= 15 is 0 Å². The predicted octanol–water partition coefficient (Wildman–Crippen LogP) is 0.562. The van der Waals surface area contributed by atoms with Gasteiger partial charge >= 0.3 is 0 Å². The lowest BCUT2D eigenvalue weighted by Crippen LogP contribution is -2.31. The topological polar surface area (TPSA) is 27.7 Å². The summed E-state index contributed by atoms with van der Waals surface area (Å²) in [5, 5.41) is 0. The number of hydrogen-bond donors (Lipinski definition) is 0. The molecule has 1 rings (SSSR count). The van der Waals surface area contributed by atoms with Crippen LogP contribution >= 0.6 is 0 Å². The average Bonchev–Trinajstić information content (AvgIpc) is 2.03. The standard InChI is InChI=1S/C7H12O3/c1-2-8-5-7-6-9-3-4-10-7/h2,7H,1,3-6H2. The highest BCUT2D eigenvalue weighted by atomic mass is 16.6. The summed E-state index contributed by atoms with van der Waals surface area (Å²) in [6.07, 6.45) is 1.50. The molecule has 0 aromatic carbocycles. The molecular weight excluding hydrogens is 132 g/mol. The van der Waals surface area contributed by atoms with Gasteiger partial charge in [0.05, 0.1) is 26.1 Å². The molecule has 0 aromatic rings. The predicted molar refractivity (Wildman–Crippen MR) is 36.7 cm³/mol. The van der Waals surface area contributed by atoms with E-state index in [1.165, 1.54) is 6.26 Å². The van der Waals surface area contributed by atoms with Crippen LogP contribution in [0.5, 0.6) is 0 Å². The van der Waals surface area contributed by atoms with Crippen molar-refractivity contribution in [2.75, 3.05) is 26.4 Å². The summed E-state index contributed by atoms with van der Waals surface area (Å²) >= 11 is 0. The van der Waals surface area contributed by atoms with Crippen molar-refractivity contribution < 1.29 is 14.2 Å². The van der Waals surface area contributed by atoms with Crippen LogP contribution in [0.2, 0.25) is 0 Å². The van der Waals surface area contributed by atoms with Crippen LogP contribution in [0.1, 0.15) is 0 Å². The molecule has 1 fully saturated rings. The summed E-state index contributed by atoms with van der Waals surface area (Å²) in [7, 11) is 0. The van der Waals surface area contributed by atoms with Crippen molar-refractivity contribution in [3.63, 3.8) is 0 Å². The molecule has 1 saturated heterocycles. The molecule has 1 heterocycles. The van der Waals surface area contributed by atoms with Gasteiger partial charge in [0.2, 0.25) is 0 Å². The first-order valence-corrected chi connectivity index (χ1v) is 3.35. The van der Waals surface area contributed by atoms with Crippen molar-refractivity contribution >= 4 is 0 Å². The molecule has 0 saturated carbocycles. The van der Waals surface area contributed by atoms with Crippen LogP contribution in [-0.4, -0.2) is 32.5 Å². The van der Waals surface area contributed by atoms with E-state index in [1.807, 2.05) is 0 Å². The van der Waals surface area contributed by atoms with Gasteiger partial charge in [-0.3, -0.25) is 0 Å². The van der Waals surface area contributed by atoms with Gasteiger partial charge in [-0.1, -0.05) is 6.58 Å². The third-order valence-corrected chi connectivity index (χ3v) is 1.28. The van der Waals surface area contributed by atoms with Gasteiger partial charge in [0, 0.05) is 0 Å². The Labute approximate surface area is 60.6 Å². The van der Waals surface area contributed by atoms with Gasteiger partial charge in [-0.05, 0) is 0 Å². The van der Waals surface area contributed by atoms with Crippen LogP contribution in [0.3, 0.4) is 0 Å². The molecule has 1 aliphatic rings. The van der Waals surface area contributed by atoms with Gasteiger partial charge < -0.3 is 14.2 Å². The van der Waals surface area contributed by atoms with Gasteiger partial charge in [-0.2, -0.15) is 0 Å². The number of ether oxygens (including phenoxy) is 3. The van der Waals surface area contributed by atoms with Crippen molar-refractivity contribution in [2.24, 2.45) is 0 Å². The average molecular weight is 144 g/mol. The first-order chi connectivity index (χ1) is 4.93. The lowest BCUT2D eigenvalue weighted by molar-refractivity contribution is -0.106. The normalized spacial score (nSPS) is 25.8. The maximum atomic E-state index is 5.28. The van der Waals surface area contributed by atoms with E-state index in [-0.39, 0.29) is 6.10 Å². The molecule has 1 aliphatic heterocycles. The molecule has 0 aromatic heterocycles. The molecule has 10 heavy (non-hydrogen) atoms. The quantitative estimate of drug-likeness (QED) is 0.542. The minimum Gasteiger partial charge on any atom is -0.499 e. The van der Waals surface area contributed by atoms with E-state index in [0.29, 0.717) is 26.4 Å². The van der Waals surface area contributed by atoms with Gasteiger partial charge in [-0.25, -0.2) is 0 Å². The minimum absolute atomic E-state index is 0.0896. The first-order valence-electron chi connectivity index (χ1n) is 3.35. The zero-order valence-electron chi connectivity index (χ0n) is 5.91. The minimum atomic E-state index is 0.0896. The van der Waals surface area contributed by atoms with Gasteiger partial charge in [0.1, 0.15) is 12.7 Å². The van der Waals surface area contributed by atoms with E-state index in [1.54, 1.807) is 0 Å². The van der Waals surface area contributed by atoms with E-state index < -0.39 is 0 Å². The van der Waals surface area contributed by atoms with Crippen LogP contribution < -0.4 is 0 Å². The van der Waals surface area contributed by atoms with Crippen LogP contribution in [0.4, 0.5) is 0 Å². The summed E-state index contributed by atoms with van der Waals surface area (Å²) in [6.45, 7) is 5.98. The summed E-state index contributed by atoms with van der Waals surface area (Å²) in [5.74, 6) is 0. The smallest absolute Gasteiger partial charge is 0.116 e. The number of hydrogen-bond acceptors (Lipinski definition) is 3. The Kier molecular flexibility index (Phi) is 3.26. The number of rotatable bonds is 3. The van der Waals surface area contributed by atoms with Crippen molar-refractivity contribution in [3.8, 4) is 0 Å². The first kappa shape index (κ1) is 7.57. The molecule has 58 valence electrons. The van der Waals surface area contributed by atoms with Crippen molar-refractivity contribution in [2.45, 2.75) is 6.10 Å². The van der Waals surface area contributed by atoms with Gasteiger partial charge in [0.25, 0.3) is 0 Å². The lowest BCUT2D eigenvalue weighted by atomic mass is 10.4. The molecule has 0 aliphatic carbocycles. The highest BCUT2D eigenvalue weighted by Gasteiger charge is 2.13. The Morgan fingerprint density at radius 3 is 3.10 bits per heavy atom. The van der Waals surface area contributed by atoms with Crippen molar-refractivity contribution in [3.05, 3.63) is 12.8 Å². The second-order valence-electron chi connectivity index (χ2n) is 2.07. The molecule has 1 atom stereocenters. The third kappa shape index (κ3) is 2.37. The Hall–Kier alpha value is -0.540. The summed E-state index contributed by atoms with van der Waals surface area (Å²) < 4.78 is 15.4. The Morgan fingerprint density at radius 2 is 2.50 bits per heavy atom. The van der Waals surface area contributed by atoms with Crippen molar-refractivity contribution in [1.82, 2.24) is 0 Å². The van der Waals surface area contributed by atoms with Crippen molar-refractivity contribution in [1.29, 1.82) is 0 Å². The summed E-state index contributed by atoms with van der Waals surface area (Å²) in [4.78, 5) is 0. The zero-order valence-corrected chi connectivity index (χ0v) is 5.91. The molecule has 0 spiro atoms. The maximum absolute atomic E-state index is 5.28. The molecular formula is C7H12O3. The monoisotopic (exact) mass is 144 g/mol. The van der Waals surface area contributed by atoms with Crippen LogP contribution in [0.25, 0.3) is 0 Å². The molecule has 3 heteroatoms. The Morgan fingerprint density at radius 1 is 1.60 bits per heavy atom. The van der Waals surface area contributed by atoms with E-state index in [0.717, 1.165) is 0 Å². The van der Waals surface area contributed by atoms with Gasteiger partial charge in [-0.15, -0.1) is 0 Å². The fraction of sp³-hybridized carbons (Fsp3) is 0.714. The second-order valence-corrected chi connectivity index (χ2v) is 2.07. The lowest BCUT2D eigenvalue weighted by Gasteiger charge is -2.21. The molecule has 1 unspecified atom stereocenters. The molecule has 0 N–H and O–H groups in total. The SMILES string of the molecule is C=COCC1COCCO1. The molecule has 3 nitrogen and oxygen atoms in total. The fourth-order valence-electron chi connectivity index (χ4n) is 0.808. The zero-order chi connectivity index (χ0) is 7.23. The van der Waals surface area contributed by atoms with E-state index in [9.17, 15) is 0 Å². The molecule has 0 radical (unpaired) electrons. The Bertz CT molecular complexity index is 97.0. The second kappa shape index (κ2) is 4.30.